The van der Waals surface area contributed by atoms with Crippen molar-refractivity contribution in [1.29, 1.82) is 0 Å². The molecule has 0 spiro atoms. The van der Waals surface area contributed by atoms with Gasteiger partial charge in [0.15, 0.2) is 0 Å². The first kappa shape index (κ1) is 11.5. The smallest absolute Gasteiger partial charge is 0.0537 e. The van der Waals surface area contributed by atoms with Crippen LogP contribution in [0.5, 0.6) is 0 Å². The van der Waals surface area contributed by atoms with Crippen molar-refractivity contribution in [2.75, 3.05) is 6.54 Å². The van der Waals surface area contributed by atoms with Gasteiger partial charge in [0.25, 0.3) is 0 Å². The van der Waals surface area contributed by atoms with Crippen molar-refractivity contribution < 1.29 is 0 Å². The predicted molar refractivity (Wildman–Crippen MR) is 72.4 cm³/mol. The third kappa shape index (κ3) is 2.06. The average molecular weight is 241 g/mol. The van der Waals surface area contributed by atoms with Gasteiger partial charge in [-0.3, -0.25) is 4.68 Å². The molecule has 3 nitrogen and oxygen atoms in total. The van der Waals surface area contributed by atoms with Gasteiger partial charge in [-0.1, -0.05) is 30.3 Å². The molecule has 1 saturated heterocycles. The summed E-state index contributed by atoms with van der Waals surface area (Å²) in [7, 11) is 0. The van der Waals surface area contributed by atoms with Gasteiger partial charge in [-0.25, -0.2) is 0 Å². The fourth-order valence-corrected chi connectivity index (χ4v) is 2.83. The molecule has 0 bridgehead atoms. The predicted octanol–water partition coefficient (Wildman–Crippen LogP) is 2.72. The molecule has 94 valence electrons. The van der Waals surface area contributed by atoms with E-state index in [1.54, 1.807) is 0 Å². The zero-order valence-electron chi connectivity index (χ0n) is 10.7. The zero-order chi connectivity index (χ0) is 12.4. The second kappa shape index (κ2) is 4.94. The zero-order valence-corrected chi connectivity index (χ0v) is 10.7. The number of rotatable bonds is 3. The van der Waals surface area contributed by atoms with Gasteiger partial charge < -0.3 is 5.32 Å². The largest absolute Gasteiger partial charge is 0.309 e. The van der Waals surface area contributed by atoms with E-state index in [0.29, 0.717) is 12.0 Å². The van der Waals surface area contributed by atoms with Gasteiger partial charge in [-0.05, 0) is 25.5 Å². The van der Waals surface area contributed by atoms with Gasteiger partial charge in [0.2, 0.25) is 0 Å². The Morgan fingerprint density at radius 2 is 2.11 bits per heavy atom. The topological polar surface area (TPSA) is 29.9 Å². The summed E-state index contributed by atoms with van der Waals surface area (Å²) in [6.45, 7) is 4.14. The Balaban J connectivity index is 1.87. The molecule has 1 aromatic carbocycles. The summed E-state index contributed by atoms with van der Waals surface area (Å²) in [5, 5.41) is 7.99. The molecule has 0 saturated carbocycles. The first-order valence-corrected chi connectivity index (χ1v) is 6.69. The molecule has 2 atom stereocenters. The summed E-state index contributed by atoms with van der Waals surface area (Å²) in [5.74, 6) is 0.570. The molecule has 18 heavy (non-hydrogen) atoms. The summed E-state index contributed by atoms with van der Waals surface area (Å²) in [4.78, 5) is 0. The van der Waals surface area contributed by atoms with E-state index in [4.69, 9.17) is 0 Å². The lowest BCUT2D eigenvalue weighted by Crippen LogP contribution is -2.16. The van der Waals surface area contributed by atoms with E-state index >= 15 is 0 Å². The average Bonchev–Trinajstić information content (AvgIpc) is 3.08. The van der Waals surface area contributed by atoms with Crippen LogP contribution in [0.4, 0.5) is 0 Å². The molecule has 2 unspecified atom stereocenters. The van der Waals surface area contributed by atoms with Crippen LogP contribution in [0.2, 0.25) is 0 Å². The SMILES string of the molecule is CCn1cc(C2NCCC2c2ccccc2)cn1. The standard InChI is InChI=1S/C15H19N3/c1-2-18-11-13(10-17-18)15-14(8-9-16-15)12-6-4-3-5-7-12/h3-7,10-11,14-16H,2,8-9H2,1H3. The van der Waals surface area contributed by atoms with Crippen molar-refractivity contribution in [2.24, 2.45) is 0 Å². The van der Waals surface area contributed by atoms with Crippen LogP contribution in [0.3, 0.4) is 0 Å². The van der Waals surface area contributed by atoms with Gasteiger partial charge in [0.1, 0.15) is 0 Å². The summed E-state index contributed by atoms with van der Waals surface area (Å²) in [6, 6.07) is 11.2. The Kier molecular flexibility index (Phi) is 3.15. The molecule has 1 aliphatic heterocycles. The van der Waals surface area contributed by atoms with Gasteiger partial charge >= 0.3 is 0 Å². The van der Waals surface area contributed by atoms with Crippen LogP contribution in [-0.4, -0.2) is 16.3 Å². The Morgan fingerprint density at radius 3 is 2.83 bits per heavy atom. The number of nitrogens with one attached hydrogen (secondary N) is 1. The van der Waals surface area contributed by atoms with E-state index in [9.17, 15) is 0 Å². The number of nitrogens with zero attached hydrogens (tertiary/aromatic N) is 2. The normalized spacial score (nSPS) is 23.4. The molecule has 2 heterocycles. The van der Waals surface area contributed by atoms with Crippen LogP contribution in [0.15, 0.2) is 42.7 Å². The van der Waals surface area contributed by atoms with Crippen molar-refractivity contribution in [2.45, 2.75) is 31.8 Å². The highest BCUT2D eigenvalue weighted by molar-refractivity contribution is 5.27. The molecule has 1 N–H and O–H groups in total. The van der Waals surface area contributed by atoms with Crippen molar-refractivity contribution in [3.8, 4) is 0 Å². The monoisotopic (exact) mass is 241 g/mol. The van der Waals surface area contributed by atoms with E-state index < -0.39 is 0 Å². The molecule has 0 amide bonds. The van der Waals surface area contributed by atoms with Gasteiger partial charge in [0, 0.05) is 30.3 Å². The molecule has 1 aromatic heterocycles. The lowest BCUT2D eigenvalue weighted by Gasteiger charge is -2.18. The maximum Gasteiger partial charge on any atom is 0.0537 e. The van der Waals surface area contributed by atoms with E-state index in [0.717, 1.165) is 13.1 Å². The first-order chi connectivity index (χ1) is 8.88. The minimum absolute atomic E-state index is 0.410. The summed E-state index contributed by atoms with van der Waals surface area (Å²) >= 11 is 0. The maximum absolute atomic E-state index is 4.38. The van der Waals surface area contributed by atoms with Crippen LogP contribution in [0.25, 0.3) is 0 Å². The fraction of sp³-hybridized carbons (Fsp3) is 0.400. The Labute approximate surface area is 108 Å². The highest BCUT2D eigenvalue weighted by atomic mass is 15.3. The molecule has 3 heteroatoms. The van der Waals surface area contributed by atoms with E-state index in [1.807, 2.05) is 10.9 Å². The van der Waals surface area contributed by atoms with Gasteiger partial charge in [-0.2, -0.15) is 5.10 Å². The Bertz CT molecular complexity index is 503. The molecule has 1 aliphatic rings. The summed E-state index contributed by atoms with van der Waals surface area (Å²) in [6.07, 6.45) is 5.37. The van der Waals surface area contributed by atoms with Gasteiger partial charge in [-0.15, -0.1) is 0 Å². The minimum Gasteiger partial charge on any atom is -0.309 e. The van der Waals surface area contributed by atoms with E-state index in [2.05, 4.69) is 53.9 Å². The minimum atomic E-state index is 0.410. The van der Waals surface area contributed by atoms with Crippen LogP contribution in [0.1, 0.15) is 36.4 Å². The highest BCUT2D eigenvalue weighted by Crippen LogP contribution is 2.37. The number of hydrogen-bond acceptors (Lipinski definition) is 2. The second-order valence-corrected chi connectivity index (χ2v) is 4.87. The molecule has 3 rings (SSSR count). The van der Waals surface area contributed by atoms with Crippen LogP contribution in [0, 0.1) is 0 Å². The molecule has 0 aliphatic carbocycles. The third-order valence-electron chi connectivity index (χ3n) is 3.79. The van der Waals surface area contributed by atoms with E-state index in [1.165, 1.54) is 17.5 Å². The maximum atomic E-state index is 4.38. The van der Waals surface area contributed by atoms with Crippen molar-refractivity contribution in [3.63, 3.8) is 0 Å². The van der Waals surface area contributed by atoms with Crippen molar-refractivity contribution in [1.82, 2.24) is 15.1 Å². The van der Waals surface area contributed by atoms with Crippen LogP contribution >= 0.6 is 0 Å². The fourth-order valence-electron chi connectivity index (χ4n) is 2.83. The third-order valence-corrected chi connectivity index (χ3v) is 3.79. The summed E-state index contributed by atoms with van der Waals surface area (Å²) in [5.41, 5.74) is 2.74. The quantitative estimate of drug-likeness (QED) is 0.895. The highest BCUT2D eigenvalue weighted by Gasteiger charge is 2.30. The molecule has 1 fully saturated rings. The van der Waals surface area contributed by atoms with Gasteiger partial charge in [0.05, 0.1) is 6.20 Å². The molecule has 2 aromatic rings. The van der Waals surface area contributed by atoms with Crippen molar-refractivity contribution >= 4 is 0 Å². The van der Waals surface area contributed by atoms with Crippen molar-refractivity contribution in [3.05, 3.63) is 53.9 Å². The molecular weight excluding hydrogens is 222 g/mol. The number of hydrogen-bond donors (Lipinski definition) is 1. The Morgan fingerprint density at radius 1 is 1.28 bits per heavy atom. The second-order valence-electron chi connectivity index (χ2n) is 4.87. The lowest BCUT2D eigenvalue weighted by molar-refractivity contribution is 0.576. The lowest BCUT2D eigenvalue weighted by atomic mass is 9.89. The summed E-state index contributed by atoms with van der Waals surface area (Å²) < 4.78 is 2.00. The van der Waals surface area contributed by atoms with E-state index in [-0.39, 0.29) is 0 Å². The molecule has 0 radical (unpaired) electrons. The first-order valence-electron chi connectivity index (χ1n) is 6.69. The Hall–Kier alpha value is -1.61. The van der Waals surface area contributed by atoms with Crippen LogP contribution in [-0.2, 0) is 6.54 Å². The number of benzene rings is 1. The number of aromatic nitrogens is 2. The van der Waals surface area contributed by atoms with Crippen LogP contribution < -0.4 is 5.32 Å². The molecular formula is C15H19N3. The number of aryl methyl sites for hydroxylation is 1.